The highest BCUT2D eigenvalue weighted by Gasteiger charge is 2.12. The highest BCUT2D eigenvalue weighted by molar-refractivity contribution is 6.05. The fourth-order valence-electron chi connectivity index (χ4n) is 2.95. The zero-order valence-corrected chi connectivity index (χ0v) is 15.6. The molecule has 7 heteroatoms. The number of fused-ring (bicyclic) bond motifs is 1. The van der Waals surface area contributed by atoms with Gasteiger partial charge in [0, 0.05) is 28.9 Å². The average molecular weight is 387 g/mol. The summed E-state index contributed by atoms with van der Waals surface area (Å²) in [5.41, 5.74) is 4.18. The molecule has 4 aromatic rings. The Morgan fingerprint density at radius 3 is 2.45 bits per heavy atom. The van der Waals surface area contributed by atoms with Gasteiger partial charge in [-0.05, 0) is 54.4 Å². The van der Waals surface area contributed by atoms with Gasteiger partial charge in [0.1, 0.15) is 5.52 Å². The first kappa shape index (κ1) is 18.4. The van der Waals surface area contributed by atoms with Gasteiger partial charge in [0.15, 0.2) is 5.58 Å². The summed E-state index contributed by atoms with van der Waals surface area (Å²) < 4.78 is 5.82. The monoisotopic (exact) mass is 387 g/mol. The Morgan fingerprint density at radius 1 is 1.07 bits per heavy atom. The molecule has 1 aromatic heterocycles. The Balaban J connectivity index is 1.55. The SMILES string of the molecule is CCc1ccc(-c2nc3cc(NC(=O)c4ccc([N+](=O)[O-])cc4)ccc3o2)cc1. The molecule has 4 rings (SSSR count). The molecule has 0 radical (unpaired) electrons. The summed E-state index contributed by atoms with van der Waals surface area (Å²) in [7, 11) is 0. The maximum atomic E-state index is 12.4. The Morgan fingerprint density at radius 2 is 1.79 bits per heavy atom. The zero-order chi connectivity index (χ0) is 20.4. The summed E-state index contributed by atoms with van der Waals surface area (Å²) in [4.78, 5) is 27.1. The molecule has 0 aliphatic carbocycles. The highest BCUT2D eigenvalue weighted by Crippen LogP contribution is 2.27. The largest absolute Gasteiger partial charge is 0.436 e. The summed E-state index contributed by atoms with van der Waals surface area (Å²) in [5.74, 6) is 0.152. The number of hydrogen-bond acceptors (Lipinski definition) is 5. The van der Waals surface area contributed by atoms with Crippen LogP contribution in [0.2, 0.25) is 0 Å². The van der Waals surface area contributed by atoms with E-state index >= 15 is 0 Å². The number of carbonyl (C=O) groups is 1. The van der Waals surface area contributed by atoms with Crippen molar-refractivity contribution in [1.82, 2.24) is 4.98 Å². The number of carbonyl (C=O) groups excluding carboxylic acids is 1. The van der Waals surface area contributed by atoms with Crippen molar-refractivity contribution >= 4 is 28.4 Å². The number of aryl methyl sites for hydroxylation is 1. The molecular weight excluding hydrogens is 370 g/mol. The summed E-state index contributed by atoms with van der Waals surface area (Å²) >= 11 is 0. The molecule has 0 aliphatic heterocycles. The van der Waals surface area contributed by atoms with E-state index in [1.165, 1.54) is 29.8 Å². The lowest BCUT2D eigenvalue weighted by molar-refractivity contribution is -0.384. The van der Waals surface area contributed by atoms with Gasteiger partial charge in [0.25, 0.3) is 11.6 Å². The first-order valence-electron chi connectivity index (χ1n) is 9.09. The summed E-state index contributed by atoms with van der Waals surface area (Å²) in [6, 6.07) is 18.7. The molecule has 0 fully saturated rings. The number of aromatic nitrogens is 1. The van der Waals surface area contributed by atoms with Crippen LogP contribution in [0.15, 0.2) is 71.1 Å². The number of rotatable bonds is 5. The molecule has 0 unspecified atom stereocenters. The normalized spacial score (nSPS) is 10.8. The fraction of sp³-hybridized carbons (Fsp3) is 0.0909. The predicted molar refractivity (Wildman–Crippen MR) is 110 cm³/mol. The third kappa shape index (κ3) is 3.84. The number of anilines is 1. The second kappa shape index (κ2) is 7.55. The van der Waals surface area contributed by atoms with Crippen molar-refractivity contribution in [2.75, 3.05) is 5.32 Å². The van der Waals surface area contributed by atoms with Crippen molar-refractivity contribution in [2.24, 2.45) is 0 Å². The number of oxazole rings is 1. The zero-order valence-electron chi connectivity index (χ0n) is 15.6. The number of benzene rings is 3. The van der Waals surface area contributed by atoms with Crippen LogP contribution >= 0.6 is 0 Å². The molecular formula is C22H17N3O4. The molecule has 29 heavy (non-hydrogen) atoms. The van der Waals surface area contributed by atoms with E-state index < -0.39 is 4.92 Å². The van der Waals surface area contributed by atoms with Crippen LogP contribution in [-0.2, 0) is 6.42 Å². The van der Waals surface area contributed by atoms with Crippen LogP contribution in [0.5, 0.6) is 0 Å². The third-order valence-electron chi connectivity index (χ3n) is 4.59. The molecule has 0 saturated carbocycles. The van der Waals surface area contributed by atoms with Crippen molar-refractivity contribution in [1.29, 1.82) is 0 Å². The van der Waals surface area contributed by atoms with E-state index in [9.17, 15) is 14.9 Å². The van der Waals surface area contributed by atoms with Crippen LogP contribution in [0, 0.1) is 10.1 Å². The molecule has 1 heterocycles. The van der Waals surface area contributed by atoms with Crippen molar-refractivity contribution < 1.29 is 14.1 Å². The van der Waals surface area contributed by atoms with E-state index in [-0.39, 0.29) is 11.6 Å². The minimum Gasteiger partial charge on any atom is -0.436 e. The molecule has 0 bridgehead atoms. The Labute approximate surface area is 166 Å². The van der Waals surface area contributed by atoms with E-state index in [0.717, 1.165) is 12.0 Å². The molecule has 0 saturated heterocycles. The van der Waals surface area contributed by atoms with Gasteiger partial charge >= 0.3 is 0 Å². The quantitative estimate of drug-likeness (QED) is 0.374. The van der Waals surface area contributed by atoms with Gasteiger partial charge in [-0.25, -0.2) is 4.98 Å². The Bertz CT molecular complexity index is 1200. The number of non-ortho nitro benzene ring substituents is 1. The van der Waals surface area contributed by atoms with Crippen LogP contribution in [0.25, 0.3) is 22.6 Å². The van der Waals surface area contributed by atoms with Gasteiger partial charge < -0.3 is 9.73 Å². The minimum absolute atomic E-state index is 0.0648. The molecule has 1 amide bonds. The second-order valence-electron chi connectivity index (χ2n) is 6.51. The van der Waals surface area contributed by atoms with E-state index in [0.29, 0.717) is 28.2 Å². The standard InChI is InChI=1S/C22H17N3O4/c1-2-14-3-5-16(6-4-14)22-24-19-13-17(9-12-20(19)29-22)23-21(26)15-7-10-18(11-8-15)25(27)28/h3-13H,2H2,1H3,(H,23,26). The van der Waals surface area contributed by atoms with Crippen LogP contribution in [-0.4, -0.2) is 15.8 Å². The second-order valence-corrected chi connectivity index (χ2v) is 6.51. The Hall–Kier alpha value is -4.00. The van der Waals surface area contributed by atoms with Gasteiger partial charge in [-0.15, -0.1) is 0 Å². The van der Waals surface area contributed by atoms with Gasteiger partial charge in [-0.3, -0.25) is 14.9 Å². The van der Waals surface area contributed by atoms with E-state index in [2.05, 4.69) is 17.2 Å². The van der Waals surface area contributed by atoms with Crippen molar-refractivity contribution in [3.05, 3.63) is 88.0 Å². The maximum Gasteiger partial charge on any atom is 0.269 e. The average Bonchev–Trinajstić information content (AvgIpc) is 3.17. The van der Waals surface area contributed by atoms with Crippen LogP contribution < -0.4 is 5.32 Å². The van der Waals surface area contributed by atoms with E-state index in [1.807, 2.05) is 24.3 Å². The molecule has 144 valence electrons. The number of nitro benzene ring substituents is 1. The number of hydrogen-bond donors (Lipinski definition) is 1. The minimum atomic E-state index is -0.506. The molecule has 0 atom stereocenters. The summed E-state index contributed by atoms with van der Waals surface area (Å²) in [6.07, 6.45) is 0.964. The highest BCUT2D eigenvalue weighted by atomic mass is 16.6. The third-order valence-corrected chi connectivity index (χ3v) is 4.59. The fourth-order valence-corrected chi connectivity index (χ4v) is 2.95. The van der Waals surface area contributed by atoms with Crippen LogP contribution in [0.3, 0.4) is 0 Å². The van der Waals surface area contributed by atoms with Crippen LogP contribution in [0.1, 0.15) is 22.8 Å². The lowest BCUT2D eigenvalue weighted by Gasteiger charge is -2.04. The first-order valence-corrected chi connectivity index (χ1v) is 9.09. The lowest BCUT2D eigenvalue weighted by atomic mass is 10.1. The number of nitrogens with one attached hydrogen (secondary N) is 1. The van der Waals surface area contributed by atoms with Gasteiger partial charge in [-0.1, -0.05) is 19.1 Å². The molecule has 3 aromatic carbocycles. The maximum absolute atomic E-state index is 12.4. The summed E-state index contributed by atoms with van der Waals surface area (Å²) in [5, 5.41) is 13.5. The molecule has 1 N–H and O–H groups in total. The number of nitrogens with zero attached hydrogens (tertiary/aromatic N) is 2. The van der Waals surface area contributed by atoms with Gasteiger partial charge in [0.05, 0.1) is 4.92 Å². The number of amides is 1. The number of nitro groups is 1. The van der Waals surface area contributed by atoms with Crippen molar-refractivity contribution in [3.8, 4) is 11.5 Å². The topological polar surface area (TPSA) is 98.3 Å². The predicted octanol–water partition coefficient (Wildman–Crippen LogP) is 5.22. The van der Waals surface area contributed by atoms with E-state index in [1.54, 1.807) is 18.2 Å². The first-order chi connectivity index (χ1) is 14.0. The molecule has 0 spiro atoms. The Kier molecular flexibility index (Phi) is 4.78. The lowest BCUT2D eigenvalue weighted by Crippen LogP contribution is -2.11. The molecule has 0 aliphatic rings. The molecule has 7 nitrogen and oxygen atoms in total. The van der Waals surface area contributed by atoms with Crippen molar-refractivity contribution in [2.45, 2.75) is 13.3 Å². The van der Waals surface area contributed by atoms with Gasteiger partial charge in [-0.2, -0.15) is 0 Å². The summed E-state index contributed by atoms with van der Waals surface area (Å²) in [6.45, 7) is 2.10. The smallest absolute Gasteiger partial charge is 0.269 e. The van der Waals surface area contributed by atoms with Gasteiger partial charge in [0.2, 0.25) is 5.89 Å². The van der Waals surface area contributed by atoms with Crippen molar-refractivity contribution in [3.63, 3.8) is 0 Å². The van der Waals surface area contributed by atoms with Crippen LogP contribution in [0.4, 0.5) is 11.4 Å². The van der Waals surface area contributed by atoms with E-state index in [4.69, 9.17) is 4.42 Å².